The fourth-order valence-corrected chi connectivity index (χ4v) is 2.64. The Kier molecular flexibility index (Phi) is 6.36. The van der Waals surface area contributed by atoms with Crippen molar-refractivity contribution in [1.29, 1.82) is 5.26 Å². The van der Waals surface area contributed by atoms with E-state index in [0.717, 1.165) is 35.2 Å². The smallest absolute Gasteiger partial charge is 0.267 e. The van der Waals surface area contributed by atoms with Crippen LogP contribution in [0.1, 0.15) is 30.5 Å². The van der Waals surface area contributed by atoms with Gasteiger partial charge in [0.25, 0.3) is 5.91 Å². The molecule has 4 nitrogen and oxygen atoms in total. The minimum Gasteiger partial charge on any atom is -0.360 e. The molecule has 0 aliphatic heterocycles. The minimum absolute atomic E-state index is 0.0365. The van der Waals surface area contributed by atoms with E-state index in [1.165, 1.54) is 6.20 Å². The van der Waals surface area contributed by atoms with Crippen LogP contribution in [0.25, 0.3) is 0 Å². The van der Waals surface area contributed by atoms with E-state index in [0.29, 0.717) is 5.69 Å². The number of amides is 1. The summed E-state index contributed by atoms with van der Waals surface area (Å²) in [4.78, 5) is 12.3. The largest absolute Gasteiger partial charge is 0.360 e. The number of anilines is 2. The first-order valence-corrected chi connectivity index (χ1v) is 8.44. The maximum Gasteiger partial charge on any atom is 0.267 e. The number of carbonyl (C=O) groups is 1. The molecule has 0 bridgehead atoms. The summed E-state index contributed by atoms with van der Waals surface area (Å²) < 4.78 is 0. The normalized spacial score (nSPS) is 10.9. The van der Waals surface area contributed by atoms with Gasteiger partial charge in [-0.1, -0.05) is 44.2 Å². The van der Waals surface area contributed by atoms with E-state index in [1.54, 1.807) is 6.07 Å². The van der Waals surface area contributed by atoms with Gasteiger partial charge >= 0.3 is 0 Å². The Morgan fingerprint density at radius 3 is 2.32 bits per heavy atom. The first-order chi connectivity index (χ1) is 12.1. The van der Waals surface area contributed by atoms with Crippen LogP contribution in [-0.2, 0) is 17.6 Å². The lowest BCUT2D eigenvalue weighted by Crippen LogP contribution is -2.15. The highest BCUT2D eigenvalue weighted by molar-refractivity contribution is 6.06. The zero-order valence-electron chi connectivity index (χ0n) is 14.9. The molecule has 4 heteroatoms. The zero-order valence-corrected chi connectivity index (χ0v) is 14.9. The summed E-state index contributed by atoms with van der Waals surface area (Å²) in [5.41, 5.74) is 5.05. The van der Waals surface area contributed by atoms with Crippen LogP contribution >= 0.6 is 0 Å². The van der Waals surface area contributed by atoms with Crippen LogP contribution in [-0.4, -0.2) is 5.91 Å². The molecule has 0 unspecified atom stereocenters. The van der Waals surface area contributed by atoms with Crippen LogP contribution in [0.15, 0.2) is 54.2 Å². The minimum atomic E-state index is -0.423. The Balaban J connectivity index is 2.21. The number of nitrogens with one attached hydrogen (secondary N) is 2. The highest BCUT2D eigenvalue weighted by Crippen LogP contribution is 2.23. The van der Waals surface area contributed by atoms with Crippen molar-refractivity contribution in [3.63, 3.8) is 0 Å². The van der Waals surface area contributed by atoms with Gasteiger partial charge in [-0.05, 0) is 48.6 Å². The number of hydrogen-bond donors (Lipinski definition) is 2. The standard InChI is InChI=1S/C21H23N3O/c1-4-16-9-7-10-17(5-2)20(16)23-14-18(13-22)21(25)24-19-11-6-8-15(3)12-19/h6-12,14,23H,4-5H2,1-3H3,(H,24,25)/b18-14-. The molecule has 0 atom stereocenters. The molecule has 0 fully saturated rings. The van der Waals surface area contributed by atoms with E-state index >= 15 is 0 Å². The number of nitriles is 1. The third kappa shape index (κ3) is 4.71. The number of para-hydroxylation sites is 1. The maximum atomic E-state index is 12.3. The Hall–Kier alpha value is -3.06. The molecule has 2 rings (SSSR count). The van der Waals surface area contributed by atoms with Gasteiger partial charge in [0.05, 0.1) is 0 Å². The van der Waals surface area contributed by atoms with Gasteiger partial charge in [0.15, 0.2) is 0 Å². The summed E-state index contributed by atoms with van der Waals surface area (Å²) >= 11 is 0. The fourth-order valence-electron chi connectivity index (χ4n) is 2.64. The Morgan fingerprint density at radius 2 is 1.76 bits per heavy atom. The van der Waals surface area contributed by atoms with Crippen LogP contribution in [0.5, 0.6) is 0 Å². The zero-order chi connectivity index (χ0) is 18.2. The van der Waals surface area contributed by atoms with Crippen LogP contribution in [0.4, 0.5) is 11.4 Å². The van der Waals surface area contributed by atoms with Gasteiger partial charge in [0.1, 0.15) is 11.6 Å². The van der Waals surface area contributed by atoms with Crippen LogP contribution in [0.3, 0.4) is 0 Å². The quantitative estimate of drug-likeness (QED) is 0.601. The number of aryl methyl sites for hydroxylation is 3. The SMILES string of the molecule is CCc1cccc(CC)c1N/C=C(/C#N)C(=O)Nc1cccc(C)c1. The molecule has 128 valence electrons. The highest BCUT2D eigenvalue weighted by atomic mass is 16.1. The third-order valence-corrected chi connectivity index (χ3v) is 4.00. The number of rotatable bonds is 6. The van der Waals surface area contributed by atoms with Crippen LogP contribution < -0.4 is 10.6 Å². The van der Waals surface area contributed by atoms with Gasteiger partial charge in [-0.15, -0.1) is 0 Å². The number of carbonyl (C=O) groups excluding carboxylic acids is 1. The molecule has 0 heterocycles. The lowest BCUT2D eigenvalue weighted by Gasteiger charge is -2.13. The van der Waals surface area contributed by atoms with Gasteiger partial charge in [-0.2, -0.15) is 5.26 Å². The topological polar surface area (TPSA) is 64.9 Å². The molecule has 0 spiro atoms. The predicted octanol–water partition coefficient (Wildman–Crippen LogP) is 4.58. The van der Waals surface area contributed by atoms with Crippen molar-refractivity contribution < 1.29 is 4.79 Å². The molecule has 2 aromatic carbocycles. The van der Waals surface area contributed by atoms with E-state index in [1.807, 2.05) is 49.4 Å². The van der Waals surface area contributed by atoms with E-state index in [2.05, 4.69) is 24.5 Å². The number of nitrogens with zero attached hydrogens (tertiary/aromatic N) is 1. The van der Waals surface area contributed by atoms with Crippen molar-refractivity contribution >= 4 is 17.3 Å². The summed E-state index contributed by atoms with van der Waals surface area (Å²) in [7, 11) is 0. The molecule has 0 saturated heterocycles. The predicted molar refractivity (Wildman–Crippen MR) is 102 cm³/mol. The van der Waals surface area contributed by atoms with Gasteiger partial charge in [0, 0.05) is 17.6 Å². The van der Waals surface area contributed by atoms with Crippen molar-refractivity contribution in [2.75, 3.05) is 10.6 Å². The molecule has 25 heavy (non-hydrogen) atoms. The number of benzene rings is 2. The first kappa shape index (κ1) is 18.3. The summed E-state index contributed by atoms with van der Waals surface area (Å²) in [5.74, 6) is -0.423. The van der Waals surface area contributed by atoms with E-state index < -0.39 is 5.91 Å². The summed E-state index contributed by atoms with van der Waals surface area (Å²) in [6.07, 6.45) is 3.24. The first-order valence-electron chi connectivity index (χ1n) is 8.44. The second kappa shape index (κ2) is 8.70. The molecule has 0 radical (unpaired) electrons. The number of hydrogen-bond acceptors (Lipinski definition) is 3. The summed E-state index contributed by atoms with van der Waals surface area (Å²) in [6.45, 7) is 6.12. The second-order valence-electron chi connectivity index (χ2n) is 5.80. The van der Waals surface area contributed by atoms with Gasteiger partial charge in [-0.25, -0.2) is 0 Å². The van der Waals surface area contributed by atoms with Crippen LogP contribution in [0.2, 0.25) is 0 Å². The summed E-state index contributed by atoms with van der Waals surface area (Å²) in [6, 6.07) is 15.6. The molecule has 2 N–H and O–H groups in total. The monoisotopic (exact) mass is 333 g/mol. The molecule has 2 aromatic rings. The Bertz CT molecular complexity index is 809. The molecule has 0 aliphatic rings. The molecule has 0 saturated carbocycles. The van der Waals surface area contributed by atoms with Gasteiger partial charge in [-0.3, -0.25) is 4.79 Å². The third-order valence-electron chi connectivity index (χ3n) is 4.00. The van der Waals surface area contributed by atoms with Crippen LogP contribution in [0, 0.1) is 18.3 Å². The fraction of sp³-hybridized carbons (Fsp3) is 0.238. The Labute approximate surface area is 149 Å². The summed E-state index contributed by atoms with van der Waals surface area (Å²) in [5, 5.41) is 15.3. The van der Waals surface area contributed by atoms with Crippen molar-refractivity contribution in [3.8, 4) is 6.07 Å². The lowest BCUT2D eigenvalue weighted by molar-refractivity contribution is -0.112. The maximum absolute atomic E-state index is 12.3. The average Bonchev–Trinajstić information content (AvgIpc) is 2.62. The molecular weight excluding hydrogens is 310 g/mol. The molecule has 0 aliphatic carbocycles. The van der Waals surface area contributed by atoms with Gasteiger partial charge < -0.3 is 10.6 Å². The average molecular weight is 333 g/mol. The molecule has 1 amide bonds. The van der Waals surface area contributed by atoms with E-state index in [9.17, 15) is 10.1 Å². The highest BCUT2D eigenvalue weighted by Gasteiger charge is 2.11. The van der Waals surface area contributed by atoms with Crippen molar-refractivity contribution in [2.45, 2.75) is 33.6 Å². The van der Waals surface area contributed by atoms with E-state index in [4.69, 9.17) is 0 Å². The van der Waals surface area contributed by atoms with Gasteiger partial charge in [0.2, 0.25) is 0 Å². The molecule has 0 aromatic heterocycles. The van der Waals surface area contributed by atoms with Crippen molar-refractivity contribution in [1.82, 2.24) is 0 Å². The molecular formula is C21H23N3O. The van der Waals surface area contributed by atoms with Crippen molar-refractivity contribution in [3.05, 3.63) is 70.9 Å². The second-order valence-corrected chi connectivity index (χ2v) is 5.80. The van der Waals surface area contributed by atoms with E-state index in [-0.39, 0.29) is 5.57 Å². The Morgan fingerprint density at radius 1 is 1.12 bits per heavy atom. The van der Waals surface area contributed by atoms with Crippen molar-refractivity contribution in [2.24, 2.45) is 0 Å². The lowest BCUT2D eigenvalue weighted by atomic mass is 10.0.